The summed E-state index contributed by atoms with van der Waals surface area (Å²) in [6.07, 6.45) is 0. The van der Waals surface area contributed by atoms with Gasteiger partial charge in [-0.05, 0) is 22.9 Å². The summed E-state index contributed by atoms with van der Waals surface area (Å²) in [7, 11) is 0. The minimum atomic E-state index is -0.206. The maximum absolute atomic E-state index is 11.1. The number of rotatable bonds is 0. The van der Waals surface area contributed by atoms with E-state index in [2.05, 4.69) is 26.6 Å². The van der Waals surface area contributed by atoms with E-state index in [1.165, 1.54) is 0 Å². The molecular weight excluding hydrogens is 224 g/mol. The fraction of sp³-hybridized carbons (Fsp3) is 0.286. The summed E-state index contributed by atoms with van der Waals surface area (Å²) >= 11 is 3.17. The van der Waals surface area contributed by atoms with Crippen molar-refractivity contribution in [3.05, 3.63) is 10.7 Å². The Kier molecular flexibility index (Phi) is 1.61. The van der Waals surface area contributed by atoms with Crippen molar-refractivity contribution >= 4 is 33.4 Å². The molecule has 12 heavy (non-hydrogen) atoms. The van der Waals surface area contributed by atoms with Gasteiger partial charge in [-0.15, -0.1) is 0 Å². The van der Waals surface area contributed by atoms with Gasteiger partial charge in [-0.3, -0.25) is 10.1 Å². The first-order valence-electron chi connectivity index (χ1n) is 3.53. The lowest BCUT2D eigenvalue weighted by Gasteiger charge is -2.19. The Balaban J connectivity index is 2.39. The molecule has 0 bridgehead atoms. The zero-order chi connectivity index (χ0) is 8.72. The Hall–Kier alpha value is -0.970. The van der Waals surface area contributed by atoms with Gasteiger partial charge >= 0.3 is 0 Å². The Morgan fingerprint density at radius 3 is 3.17 bits per heavy atom. The molecule has 0 aromatic carbocycles. The van der Waals surface area contributed by atoms with Gasteiger partial charge in [0.15, 0.2) is 4.67 Å². The smallest absolute Gasteiger partial charge is 0.248 e. The number of carbonyl (C=O) groups excluding carboxylic acids is 1. The lowest BCUT2D eigenvalue weighted by Crippen LogP contribution is -2.35. The molecule has 4 nitrogen and oxygen atoms in total. The van der Waals surface area contributed by atoms with Crippen molar-refractivity contribution in [3.63, 3.8) is 0 Å². The summed E-state index contributed by atoms with van der Waals surface area (Å²) < 4.78 is 5.75. The average Bonchev–Trinajstić information content (AvgIpc) is 2.30. The molecule has 1 aliphatic rings. The molecule has 1 aromatic rings. The van der Waals surface area contributed by atoms with Gasteiger partial charge in [0.05, 0.1) is 0 Å². The van der Waals surface area contributed by atoms with Crippen LogP contribution in [-0.2, 0) is 4.79 Å². The summed E-state index contributed by atoms with van der Waals surface area (Å²) in [5.41, 5.74) is 0.814. The summed E-state index contributed by atoms with van der Waals surface area (Å²) in [5, 5.41) is 5.63. The highest BCUT2D eigenvalue weighted by Crippen LogP contribution is 2.32. The van der Waals surface area contributed by atoms with Gasteiger partial charge < -0.3 is 9.73 Å². The van der Waals surface area contributed by atoms with Gasteiger partial charge in [-0.1, -0.05) is 0 Å². The quantitative estimate of drug-likeness (QED) is 0.715. The number of fused-ring (bicyclic) bond motifs is 1. The van der Waals surface area contributed by atoms with E-state index in [1.54, 1.807) is 13.0 Å². The monoisotopic (exact) mass is 230 g/mol. The van der Waals surface area contributed by atoms with Crippen molar-refractivity contribution in [2.45, 2.75) is 13.0 Å². The third-order valence-electron chi connectivity index (χ3n) is 1.70. The lowest BCUT2D eigenvalue weighted by molar-refractivity contribution is -0.116. The summed E-state index contributed by atoms with van der Waals surface area (Å²) in [4.78, 5) is 11.1. The van der Waals surface area contributed by atoms with Crippen molar-refractivity contribution in [1.82, 2.24) is 0 Å². The Labute approximate surface area is 77.4 Å². The number of nitrogens with one attached hydrogen (secondary N) is 2. The van der Waals surface area contributed by atoms with Crippen LogP contribution in [0.1, 0.15) is 6.92 Å². The molecule has 1 aromatic heterocycles. The van der Waals surface area contributed by atoms with Gasteiger partial charge in [-0.2, -0.15) is 0 Å². The van der Waals surface area contributed by atoms with Crippen molar-refractivity contribution in [2.75, 3.05) is 10.6 Å². The predicted octanol–water partition coefficient (Wildman–Crippen LogP) is 1.79. The standard InChI is InChI=1S/C7H7BrN2O2/c1-3-6(11)10-7-4(9-3)2-5(8)12-7/h2-3,9H,1H3,(H,10,11). The Bertz CT molecular complexity index is 334. The molecule has 2 N–H and O–H groups in total. The average molecular weight is 231 g/mol. The van der Waals surface area contributed by atoms with Crippen LogP contribution in [0.5, 0.6) is 0 Å². The third kappa shape index (κ3) is 1.10. The van der Waals surface area contributed by atoms with Gasteiger partial charge in [0, 0.05) is 6.07 Å². The van der Waals surface area contributed by atoms with Gasteiger partial charge in [0.25, 0.3) is 0 Å². The second kappa shape index (κ2) is 2.52. The van der Waals surface area contributed by atoms with Crippen molar-refractivity contribution in [1.29, 1.82) is 0 Å². The Morgan fingerprint density at radius 1 is 1.67 bits per heavy atom. The molecule has 0 saturated carbocycles. The molecule has 0 radical (unpaired) electrons. The van der Waals surface area contributed by atoms with E-state index in [4.69, 9.17) is 4.42 Å². The lowest BCUT2D eigenvalue weighted by atomic mass is 10.2. The van der Waals surface area contributed by atoms with E-state index in [-0.39, 0.29) is 11.9 Å². The maximum atomic E-state index is 11.1. The van der Waals surface area contributed by atoms with Crippen LogP contribution in [0, 0.1) is 0 Å². The first-order chi connectivity index (χ1) is 5.66. The SMILES string of the molecule is CC1Nc2cc(Br)oc2NC1=O. The largest absolute Gasteiger partial charge is 0.431 e. The molecule has 0 fully saturated rings. The molecule has 2 rings (SSSR count). The highest BCUT2D eigenvalue weighted by atomic mass is 79.9. The molecule has 1 aliphatic heterocycles. The second-order valence-corrected chi connectivity index (χ2v) is 3.43. The summed E-state index contributed by atoms with van der Waals surface area (Å²) in [5.74, 6) is 0.398. The number of furan rings is 1. The van der Waals surface area contributed by atoms with E-state index in [1.807, 2.05) is 0 Å². The van der Waals surface area contributed by atoms with Crippen molar-refractivity contribution in [3.8, 4) is 0 Å². The first kappa shape index (κ1) is 7.67. The summed E-state index contributed by atoms with van der Waals surface area (Å²) in [6, 6.07) is 1.58. The Morgan fingerprint density at radius 2 is 2.42 bits per heavy atom. The normalized spacial score (nSPS) is 21.2. The zero-order valence-electron chi connectivity index (χ0n) is 6.35. The van der Waals surface area contributed by atoms with Crippen LogP contribution in [0.4, 0.5) is 11.6 Å². The predicted molar refractivity (Wildman–Crippen MR) is 48.1 cm³/mol. The number of hydrogen-bond donors (Lipinski definition) is 2. The third-order valence-corrected chi connectivity index (χ3v) is 2.09. The number of amides is 1. The van der Waals surface area contributed by atoms with E-state index < -0.39 is 0 Å². The minimum absolute atomic E-state index is 0.0793. The zero-order valence-corrected chi connectivity index (χ0v) is 7.94. The highest BCUT2D eigenvalue weighted by molar-refractivity contribution is 9.10. The minimum Gasteiger partial charge on any atom is -0.431 e. The molecule has 1 atom stereocenters. The van der Waals surface area contributed by atoms with Crippen LogP contribution in [0.15, 0.2) is 15.2 Å². The molecule has 0 saturated heterocycles. The number of anilines is 2. The van der Waals surface area contributed by atoms with Crippen molar-refractivity contribution in [2.24, 2.45) is 0 Å². The fourth-order valence-corrected chi connectivity index (χ4v) is 1.47. The molecule has 5 heteroatoms. The van der Waals surface area contributed by atoms with Gasteiger partial charge in [0.2, 0.25) is 11.8 Å². The fourth-order valence-electron chi connectivity index (χ4n) is 1.08. The molecule has 0 aliphatic carbocycles. The van der Waals surface area contributed by atoms with Gasteiger partial charge in [0.1, 0.15) is 11.7 Å². The van der Waals surface area contributed by atoms with Crippen LogP contribution >= 0.6 is 15.9 Å². The van der Waals surface area contributed by atoms with Crippen molar-refractivity contribution < 1.29 is 9.21 Å². The van der Waals surface area contributed by atoms with Gasteiger partial charge in [-0.25, -0.2) is 0 Å². The van der Waals surface area contributed by atoms with Crippen LogP contribution in [0.2, 0.25) is 0 Å². The number of hydrogen-bond acceptors (Lipinski definition) is 3. The first-order valence-corrected chi connectivity index (χ1v) is 4.33. The highest BCUT2D eigenvalue weighted by Gasteiger charge is 2.24. The molecule has 64 valence electrons. The molecule has 1 amide bonds. The second-order valence-electron chi connectivity index (χ2n) is 2.65. The van der Waals surface area contributed by atoms with E-state index >= 15 is 0 Å². The number of halogens is 1. The van der Waals surface area contributed by atoms with E-state index in [0.29, 0.717) is 10.6 Å². The number of carbonyl (C=O) groups is 1. The maximum Gasteiger partial charge on any atom is 0.248 e. The molecule has 1 unspecified atom stereocenters. The molecule has 2 heterocycles. The van der Waals surface area contributed by atoms with E-state index in [9.17, 15) is 4.79 Å². The van der Waals surface area contributed by atoms with Crippen LogP contribution < -0.4 is 10.6 Å². The van der Waals surface area contributed by atoms with Crippen LogP contribution in [0.25, 0.3) is 0 Å². The molecular formula is C7H7BrN2O2. The topological polar surface area (TPSA) is 54.3 Å². The van der Waals surface area contributed by atoms with Crippen LogP contribution in [0.3, 0.4) is 0 Å². The molecule has 0 spiro atoms. The summed E-state index contributed by atoms with van der Waals surface area (Å²) in [6.45, 7) is 1.79. The van der Waals surface area contributed by atoms with E-state index in [0.717, 1.165) is 5.69 Å². The van der Waals surface area contributed by atoms with Crippen LogP contribution in [-0.4, -0.2) is 11.9 Å².